The minimum Gasteiger partial charge on any atom is -0.341 e. The van der Waals surface area contributed by atoms with Crippen LogP contribution in [0.25, 0.3) is 0 Å². The molecule has 2 heterocycles. The number of aryl methyl sites for hydroxylation is 1. The summed E-state index contributed by atoms with van der Waals surface area (Å²) in [6.07, 6.45) is 1.51. The van der Waals surface area contributed by atoms with Gasteiger partial charge in [-0.3, -0.25) is 4.79 Å². The average Bonchev–Trinajstić information content (AvgIpc) is 3.25. The molecule has 3 rings (SSSR count). The molecule has 2 aromatic rings. The van der Waals surface area contributed by atoms with E-state index in [2.05, 4.69) is 34.6 Å². The molecule has 1 N–H and O–H groups in total. The summed E-state index contributed by atoms with van der Waals surface area (Å²) in [5, 5.41) is 12.1. The average molecular weight is 427 g/mol. The molecule has 1 aliphatic heterocycles. The predicted octanol–water partition coefficient (Wildman–Crippen LogP) is 2.58. The van der Waals surface area contributed by atoms with Gasteiger partial charge in [0.2, 0.25) is 11.0 Å². The lowest BCUT2D eigenvalue weighted by Gasteiger charge is -2.22. The molecule has 7 nitrogen and oxygen atoms in total. The summed E-state index contributed by atoms with van der Waals surface area (Å²) < 4.78 is 23.8. The van der Waals surface area contributed by atoms with E-state index >= 15 is 0 Å². The van der Waals surface area contributed by atoms with Crippen molar-refractivity contribution in [1.82, 2.24) is 15.1 Å². The zero-order valence-electron chi connectivity index (χ0n) is 15.2. The Balaban J connectivity index is 1.50. The molecule has 10 heteroatoms. The van der Waals surface area contributed by atoms with Gasteiger partial charge in [-0.15, -0.1) is 10.2 Å². The highest BCUT2D eigenvalue weighted by molar-refractivity contribution is 8.01. The van der Waals surface area contributed by atoms with Crippen LogP contribution in [0.3, 0.4) is 0 Å². The number of hydrogen-bond acceptors (Lipinski definition) is 8. The lowest BCUT2D eigenvalue weighted by Crippen LogP contribution is -2.38. The quantitative estimate of drug-likeness (QED) is 0.680. The lowest BCUT2D eigenvalue weighted by molar-refractivity contribution is -0.128. The summed E-state index contributed by atoms with van der Waals surface area (Å²) in [5.41, 5.74) is 2.21. The third kappa shape index (κ3) is 5.43. The normalized spacial score (nSPS) is 18.4. The van der Waals surface area contributed by atoms with E-state index in [1.165, 1.54) is 28.7 Å². The van der Waals surface area contributed by atoms with Crippen molar-refractivity contribution in [3.63, 3.8) is 0 Å². The van der Waals surface area contributed by atoms with Crippen LogP contribution >= 0.6 is 23.1 Å². The molecule has 146 valence electrons. The molecule has 1 saturated heterocycles. The standard InChI is InChI=1S/C17H22N4O3S3/c1-3-12-4-6-13(7-5-12)18-16-19-20-17(26-16)25-10-15(22)21(2)14-8-9-27(23,24)11-14/h4-7,14H,3,8-11H2,1-2H3,(H,18,19)/t14-/m1/s1. The number of carbonyl (C=O) groups is 1. The van der Waals surface area contributed by atoms with Crippen LogP contribution in [-0.2, 0) is 21.1 Å². The van der Waals surface area contributed by atoms with Crippen LogP contribution in [0.2, 0.25) is 0 Å². The number of rotatable bonds is 7. The summed E-state index contributed by atoms with van der Waals surface area (Å²) in [4.78, 5) is 13.9. The number of thioether (sulfide) groups is 1. The Hall–Kier alpha value is -1.65. The van der Waals surface area contributed by atoms with Gasteiger partial charge < -0.3 is 10.2 Å². The molecule has 0 spiro atoms. The summed E-state index contributed by atoms with van der Waals surface area (Å²) >= 11 is 2.70. The molecule has 1 aromatic carbocycles. The zero-order chi connectivity index (χ0) is 19.4. The molecule has 0 aliphatic carbocycles. The fourth-order valence-electron chi connectivity index (χ4n) is 2.78. The number of aromatic nitrogens is 2. The smallest absolute Gasteiger partial charge is 0.233 e. The highest BCUT2D eigenvalue weighted by Crippen LogP contribution is 2.28. The Morgan fingerprint density at radius 3 is 2.70 bits per heavy atom. The minimum atomic E-state index is -3.00. The van der Waals surface area contributed by atoms with Crippen LogP contribution in [0.4, 0.5) is 10.8 Å². The number of sulfone groups is 1. The monoisotopic (exact) mass is 426 g/mol. The second kappa shape index (κ2) is 8.57. The van der Waals surface area contributed by atoms with E-state index in [9.17, 15) is 13.2 Å². The SMILES string of the molecule is CCc1ccc(Nc2nnc(SCC(=O)N(C)[C@@H]3CCS(=O)(=O)C3)s2)cc1. The maximum Gasteiger partial charge on any atom is 0.233 e. The van der Waals surface area contributed by atoms with Gasteiger partial charge in [0, 0.05) is 18.8 Å². The Morgan fingerprint density at radius 1 is 1.33 bits per heavy atom. The van der Waals surface area contributed by atoms with E-state index in [4.69, 9.17) is 0 Å². The van der Waals surface area contributed by atoms with Gasteiger partial charge in [-0.1, -0.05) is 42.2 Å². The third-order valence-corrected chi connectivity index (χ3v) is 8.20. The highest BCUT2D eigenvalue weighted by atomic mass is 32.2. The third-order valence-electron chi connectivity index (χ3n) is 4.49. The Bertz CT molecular complexity index is 896. The van der Waals surface area contributed by atoms with Crippen LogP contribution in [0, 0.1) is 0 Å². The van der Waals surface area contributed by atoms with Gasteiger partial charge in [0.15, 0.2) is 14.2 Å². The molecule has 0 radical (unpaired) electrons. The Kier molecular flexibility index (Phi) is 6.38. The number of benzene rings is 1. The number of anilines is 2. The molecule has 27 heavy (non-hydrogen) atoms. The fourth-order valence-corrected chi connectivity index (χ4v) is 6.25. The van der Waals surface area contributed by atoms with E-state index in [1.807, 2.05) is 12.1 Å². The number of hydrogen-bond donors (Lipinski definition) is 1. The molecule has 0 saturated carbocycles. The van der Waals surface area contributed by atoms with Crippen molar-refractivity contribution in [3.8, 4) is 0 Å². The first-order valence-electron chi connectivity index (χ1n) is 8.64. The van der Waals surface area contributed by atoms with Crippen molar-refractivity contribution in [2.24, 2.45) is 0 Å². The van der Waals surface area contributed by atoms with E-state index < -0.39 is 9.84 Å². The van der Waals surface area contributed by atoms with Crippen LogP contribution in [0.1, 0.15) is 18.9 Å². The summed E-state index contributed by atoms with van der Waals surface area (Å²) in [6.45, 7) is 2.11. The predicted molar refractivity (Wildman–Crippen MR) is 110 cm³/mol. The first kappa shape index (κ1) is 20.1. The number of nitrogens with zero attached hydrogens (tertiary/aromatic N) is 3. The molecular weight excluding hydrogens is 404 g/mol. The molecule has 1 atom stereocenters. The number of amides is 1. The maximum absolute atomic E-state index is 12.3. The summed E-state index contributed by atoms with van der Waals surface area (Å²) in [5.74, 6) is 0.339. The summed E-state index contributed by atoms with van der Waals surface area (Å²) in [7, 11) is -1.33. The maximum atomic E-state index is 12.3. The summed E-state index contributed by atoms with van der Waals surface area (Å²) in [6, 6.07) is 7.91. The van der Waals surface area contributed by atoms with Crippen LogP contribution in [-0.4, -0.2) is 59.8 Å². The molecule has 1 aliphatic rings. The van der Waals surface area contributed by atoms with Crippen molar-refractivity contribution in [2.45, 2.75) is 30.1 Å². The molecule has 1 aromatic heterocycles. The van der Waals surface area contributed by atoms with Crippen molar-refractivity contribution in [2.75, 3.05) is 29.6 Å². The zero-order valence-corrected chi connectivity index (χ0v) is 17.7. The van der Waals surface area contributed by atoms with E-state index in [1.54, 1.807) is 11.9 Å². The first-order chi connectivity index (χ1) is 12.9. The molecular formula is C17H22N4O3S3. The largest absolute Gasteiger partial charge is 0.341 e. The number of nitrogens with one attached hydrogen (secondary N) is 1. The van der Waals surface area contributed by atoms with Gasteiger partial charge in [0.1, 0.15) is 0 Å². The van der Waals surface area contributed by atoms with Crippen LogP contribution in [0.15, 0.2) is 28.6 Å². The van der Waals surface area contributed by atoms with E-state index in [0.717, 1.165) is 12.1 Å². The lowest BCUT2D eigenvalue weighted by atomic mass is 10.1. The minimum absolute atomic E-state index is 0.0591. The fraction of sp³-hybridized carbons (Fsp3) is 0.471. The Labute approximate surface area is 167 Å². The molecule has 0 unspecified atom stereocenters. The second-order valence-corrected chi connectivity index (χ2v) is 10.8. The number of carbonyl (C=O) groups excluding carboxylic acids is 1. The van der Waals surface area contributed by atoms with Crippen molar-refractivity contribution >= 4 is 49.7 Å². The van der Waals surface area contributed by atoms with Crippen molar-refractivity contribution < 1.29 is 13.2 Å². The molecule has 1 amide bonds. The molecule has 0 bridgehead atoms. The van der Waals surface area contributed by atoms with Crippen molar-refractivity contribution in [3.05, 3.63) is 29.8 Å². The van der Waals surface area contributed by atoms with E-state index in [0.29, 0.717) is 15.9 Å². The van der Waals surface area contributed by atoms with Gasteiger partial charge >= 0.3 is 0 Å². The van der Waals surface area contributed by atoms with Gasteiger partial charge in [-0.2, -0.15) is 0 Å². The van der Waals surface area contributed by atoms with Gasteiger partial charge in [0.25, 0.3) is 0 Å². The highest BCUT2D eigenvalue weighted by Gasteiger charge is 2.32. The van der Waals surface area contributed by atoms with Crippen LogP contribution < -0.4 is 5.32 Å². The van der Waals surface area contributed by atoms with Gasteiger partial charge in [-0.25, -0.2) is 8.42 Å². The first-order valence-corrected chi connectivity index (χ1v) is 12.3. The van der Waals surface area contributed by atoms with Gasteiger partial charge in [-0.05, 0) is 30.5 Å². The van der Waals surface area contributed by atoms with Gasteiger partial charge in [0.05, 0.1) is 17.3 Å². The van der Waals surface area contributed by atoms with Crippen LogP contribution in [0.5, 0.6) is 0 Å². The second-order valence-electron chi connectivity index (χ2n) is 6.40. The molecule has 1 fully saturated rings. The Morgan fingerprint density at radius 2 is 2.07 bits per heavy atom. The topological polar surface area (TPSA) is 92.3 Å². The van der Waals surface area contributed by atoms with E-state index in [-0.39, 0.29) is 29.2 Å². The van der Waals surface area contributed by atoms with Crippen molar-refractivity contribution in [1.29, 1.82) is 0 Å².